The topological polar surface area (TPSA) is 71.1 Å². The van der Waals surface area contributed by atoms with Gasteiger partial charge >= 0.3 is 0 Å². The van der Waals surface area contributed by atoms with E-state index in [9.17, 15) is 9.59 Å². The van der Waals surface area contributed by atoms with E-state index in [1.165, 1.54) is 18.3 Å². The summed E-state index contributed by atoms with van der Waals surface area (Å²) < 4.78 is 0. The van der Waals surface area contributed by atoms with Crippen LogP contribution < -0.4 is 10.6 Å². The van der Waals surface area contributed by atoms with Crippen LogP contribution in [-0.2, 0) is 9.59 Å². The zero-order valence-electron chi connectivity index (χ0n) is 12.8. The highest BCUT2D eigenvalue weighted by molar-refractivity contribution is 7.15. The van der Waals surface area contributed by atoms with Gasteiger partial charge in [0.05, 0.1) is 18.2 Å². The summed E-state index contributed by atoms with van der Waals surface area (Å²) in [6, 6.07) is 9.11. The quantitative estimate of drug-likeness (QED) is 0.890. The Balaban J connectivity index is 2.06. The molecule has 2 rings (SSSR count). The van der Waals surface area contributed by atoms with Crippen molar-refractivity contribution in [2.75, 3.05) is 5.32 Å². The van der Waals surface area contributed by atoms with Crippen LogP contribution in [0, 0.1) is 13.8 Å². The Hall–Kier alpha value is -2.21. The Morgan fingerprint density at radius 2 is 1.91 bits per heavy atom. The number of carbonyl (C=O) groups is 2. The molecule has 0 aliphatic rings. The van der Waals surface area contributed by atoms with Crippen LogP contribution in [0.5, 0.6) is 0 Å². The highest BCUT2D eigenvalue weighted by atomic mass is 32.1. The molecule has 0 saturated carbocycles. The molecule has 116 valence electrons. The number of benzene rings is 1. The maximum Gasteiger partial charge on any atom is 0.228 e. The van der Waals surface area contributed by atoms with Crippen molar-refractivity contribution in [3.63, 3.8) is 0 Å². The Morgan fingerprint density at radius 3 is 2.45 bits per heavy atom. The Bertz CT molecular complexity index is 648. The zero-order chi connectivity index (χ0) is 16.1. The zero-order valence-corrected chi connectivity index (χ0v) is 13.7. The Labute approximate surface area is 133 Å². The largest absolute Gasteiger partial charge is 0.349 e. The molecule has 1 aromatic carbocycles. The van der Waals surface area contributed by atoms with Crippen LogP contribution in [-0.4, -0.2) is 16.8 Å². The number of hydrogen-bond acceptors (Lipinski definition) is 4. The number of nitrogens with one attached hydrogen (secondary N) is 2. The predicted octanol–water partition coefficient (Wildman–Crippen LogP) is 2.97. The third kappa shape index (κ3) is 4.39. The molecular formula is C16H19N3O2S. The van der Waals surface area contributed by atoms with E-state index in [1.807, 2.05) is 44.2 Å². The second-order valence-electron chi connectivity index (χ2n) is 5.08. The molecule has 1 atom stereocenters. The summed E-state index contributed by atoms with van der Waals surface area (Å²) in [7, 11) is 0. The number of aromatic nitrogens is 1. The second kappa shape index (κ2) is 7.17. The summed E-state index contributed by atoms with van der Waals surface area (Å²) in [6.45, 7) is 5.32. The normalized spacial score (nSPS) is 11.8. The number of hydrogen-bond donors (Lipinski definition) is 2. The number of aryl methyl sites for hydroxylation is 2. The van der Waals surface area contributed by atoms with Crippen molar-refractivity contribution >= 4 is 28.3 Å². The van der Waals surface area contributed by atoms with E-state index in [0.717, 1.165) is 16.1 Å². The van der Waals surface area contributed by atoms with Crippen LogP contribution in [0.1, 0.15) is 35.5 Å². The fourth-order valence-electron chi connectivity index (χ4n) is 2.06. The number of amides is 2. The van der Waals surface area contributed by atoms with Crippen LogP contribution in [0.15, 0.2) is 30.3 Å². The molecule has 0 aliphatic carbocycles. The molecule has 0 unspecified atom stereocenters. The van der Waals surface area contributed by atoms with E-state index in [0.29, 0.717) is 5.13 Å². The van der Waals surface area contributed by atoms with Gasteiger partial charge in [0.2, 0.25) is 11.8 Å². The van der Waals surface area contributed by atoms with Crippen LogP contribution in [0.25, 0.3) is 0 Å². The molecule has 22 heavy (non-hydrogen) atoms. The molecule has 0 fully saturated rings. The first-order valence-electron chi connectivity index (χ1n) is 7.01. The second-order valence-corrected chi connectivity index (χ2v) is 6.28. The summed E-state index contributed by atoms with van der Waals surface area (Å²) in [6.07, 6.45) is 0.168. The van der Waals surface area contributed by atoms with Gasteiger partial charge in [-0.1, -0.05) is 30.3 Å². The van der Waals surface area contributed by atoms with Gasteiger partial charge in [-0.3, -0.25) is 9.59 Å². The number of rotatable bonds is 5. The highest BCUT2D eigenvalue weighted by Gasteiger charge is 2.18. The molecule has 0 radical (unpaired) electrons. The minimum atomic E-state index is -0.346. The van der Waals surface area contributed by atoms with Gasteiger partial charge in [-0.05, 0) is 19.4 Å². The molecule has 2 N–H and O–H groups in total. The SMILES string of the molecule is CC(=O)N[C@@H](CC(=O)Nc1nc(C)c(C)s1)c1ccccc1. The lowest BCUT2D eigenvalue weighted by atomic mass is 10.0. The van der Waals surface area contributed by atoms with Crippen LogP contribution in [0.3, 0.4) is 0 Å². The summed E-state index contributed by atoms with van der Waals surface area (Å²) >= 11 is 1.45. The van der Waals surface area contributed by atoms with E-state index < -0.39 is 0 Å². The lowest BCUT2D eigenvalue weighted by Gasteiger charge is -2.17. The van der Waals surface area contributed by atoms with Gasteiger partial charge in [-0.2, -0.15) is 0 Å². The lowest BCUT2D eigenvalue weighted by molar-refractivity contribution is -0.120. The number of carbonyl (C=O) groups excluding carboxylic acids is 2. The number of thiazole rings is 1. The van der Waals surface area contributed by atoms with Crippen LogP contribution in [0.2, 0.25) is 0 Å². The van der Waals surface area contributed by atoms with Crippen molar-refractivity contribution in [3.8, 4) is 0 Å². The van der Waals surface area contributed by atoms with Crippen molar-refractivity contribution in [2.45, 2.75) is 33.2 Å². The van der Waals surface area contributed by atoms with Crippen molar-refractivity contribution < 1.29 is 9.59 Å². The van der Waals surface area contributed by atoms with Crippen molar-refractivity contribution in [1.29, 1.82) is 0 Å². The first-order chi connectivity index (χ1) is 10.5. The molecule has 6 heteroatoms. The monoisotopic (exact) mass is 317 g/mol. The molecule has 2 amide bonds. The number of nitrogens with zero attached hydrogens (tertiary/aromatic N) is 1. The third-order valence-electron chi connectivity index (χ3n) is 3.24. The molecule has 0 saturated heterocycles. The summed E-state index contributed by atoms with van der Waals surface area (Å²) in [4.78, 5) is 28.9. The minimum Gasteiger partial charge on any atom is -0.349 e. The Kier molecular flexibility index (Phi) is 5.27. The fraction of sp³-hybridized carbons (Fsp3) is 0.312. The maximum absolute atomic E-state index is 12.2. The Morgan fingerprint density at radius 1 is 1.23 bits per heavy atom. The molecule has 0 bridgehead atoms. The smallest absolute Gasteiger partial charge is 0.228 e. The predicted molar refractivity (Wildman–Crippen MR) is 87.8 cm³/mol. The summed E-state index contributed by atoms with van der Waals surface area (Å²) in [5.74, 6) is -0.334. The minimum absolute atomic E-state index is 0.164. The van der Waals surface area contributed by atoms with Gasteiger partial charge in [0, 0.05) is 11.8 Å². The average molecular weight is 317 g/mol. The van der Waals surface area contributed by atoms with Gasteiger partial charge in [0.1, 0.15) is 0 Å². The summed E-state index contributed by atoms with van der Waals surface area (Å²) in [5.41, 5.74) is 1.82. The van der Waals surface area contributed by atoms with Crippen molar-refractivity contribution in [1.82, 2.24) is 10.3 Å². The van der Waals surface area contributed by atoms with Gasteiger partial charge in [0.15, 0.2) is 5.13 Å². The standard InChI is InChI=1S/C16H19N3O2S/c1-10-11(2)22-16(17-10)19-15(21)9-14(18-12(3)20)13-7-5-4-6-8-13/h4-8,14H,9H2,1-3H3,(H,18,20)(H,17,19,21)/t14-/m0/s1. The number of anilines is 1. The van der Waals surface area contributed by atoms with Gasteiger partial charge in [-0.25, -0.2) is 4.98 Å². The van der Waals surface area contributed by atoms with Crippen LogP contribution >= 0.6 is 11.3 Å². The van der Waals surface area contributed by atoms with E-state index in [1.54, 1.807) is 0 Å². The first kappa shape index (κ1) is 16.2. The van der Waals surface area contributed by atoms with Crippen molar-refractivity contribution in [2.24, 2.45) is 0 Å². The average Bonchev–Trinajstić information content (AvgIpc) is 2.76. The molecule has 5 nitrogen and oxygen atoms in total. The van der Waals surface area contributed by atoms with Crippen LogP contribution in [0.4, 0.5) is 5.13 Å². The van der Waals surface area contributed by atoms with Gasteiger partial charge in [-0.15, -0.1) is 11.3 Å². The van der Waals surface area contributed by atoms with E-state index in [2.05, 4.69) is 15.6 Å². The van der Waals surface area contributed by atoms with E-state index >= 15 is 0 Å². The lowest BCUT2D eigenvalue weighted by Crippen LogP contribution is -2.29. The van der Waals surface area contributed by atoms with E-state index in [4.69, 9.17) is 0 Å². The fourth-order valence-corrected chi connectivity index (χ4v) is 2.90. The molecule has 0 aliphatic heterocycles. The van der Waals surface area contributed by atoms with Crippen molar-refractivity contribution in [3.05, 3.63) is 46.5 Å². The molecule has 1 aromatic heterocycles. The van der Waals surface area contributed by atoms with Gasteiger partial charge < -0.3 is 10.6 Å². The first-order valence-corrected chi connectivity index (χ1v) is 7.83. The molecular weight excluding hydrogens is 298 g/mol. The molecule has 1 heterocycles. The molecule has 0 spiro atoms. The highest BCUT2D eigenvalue weighted by Crippen LogP contribution is 2.22. The molecule has 2 aromatic rings. The summed E-state index contributed by atoms with van der Waals surface area (Å²) in [5, 5.41) is 6.20. The van der Waals surface area contributed by atoms with E-state index in [-0.39, 0.29) is 24.3 Å². The maximum atomic E-state index is 12.2. The van der Waals surface area contributed by atoms with Gasteiger partial charge in [0.25, 0.3) is 0 Å². The third-order valence-corrected chi connectivity index (χ3v) is 4.23.